The molecule has 0 bridgehead atoms. The molecule has 1 aromatic carbocycles. The monoisotopic (exact) mass is 253 g/mol. The molecule has 2 atom stereocenters. The third-order valence-corrected chi connectivity index (χ3v) is 3.69. The normalized spacial score (nSPS) is 24.0. The van der Waals surface area contributed by atoms with Crippen molar-refractivity contribution in [3.63, 3.8) is 0 Å². The van der Waals surface area contributed by atoms with Crippen molar-refractivity contribution in [2.24, 2.45) is 11.7 Å². The van der Waals surface area contributed by atoms with Crippen molar-refractivity contribution in [3.05, 3.63) is 34.9 Å². The fraction of sp³-hybridized carbons (Fsp3) is 0.500. The molecule has 1 saturated carbocycles. The van der Waals surface area contributed by atoms with Crippen molar-refractivity contribution >= 4 is 5.78 Å². The van der Waals surface area contributed by atoms with Gasteiger partial charge in [-0.15, -0.1) is 0 Å². The van der Waals surface area contributed by atoms with Crippen LogP contribution in [0.2, 0.25) is 0 Å². The summed E-state index contributed by atoms with van der Waals surface area (Å²) in [5.74, 6) is -2.48. The van der Waals surface area contributed by atoms with Gasteiger partial charge in [0, 0.05) is 12.0 Å². The summed E-state index contributed by atoms with van der Waals surface area (Å²) in [5, 5.41) is 0. The van der Waals surface area contributed by atoms with Crippen LogP contribution < -0.4 is 5.73 Å². The van der Waals surface area contributed by atoms with Crippen LogP contribution in [0.3, 0.4) is 0 Å². The molecule has 98 valence electrons. The Morgan fingerprint density at radius 2 is 1.94 bits per heavy atom. The van der Waals surface area contributed by atoms with E-state index in [9.17, 15) is 13.6 Å². The first-order chi connectivity index (χ1) is 8.52. The van der Waals surface area contributed by atoms with Crippen LogP contribution in [-0.4, -0.2) is 11.8 Å². The first-order valence-electron chi connectivity index (χ1n) is 6.26. The zero-order valence-electron chi connectivity index (χ0n) is 10.4. The van der Waals surface area contributed by atoms with Gasteiger partial charge in [0.2, 0.25) is 0 Å². The van der Waals surface area contributed by atoms with Gasteiger partial charge in [-0.1, -0.05) is 18.9 Å². The van der Waals surface area contributed by atoms with E-state index >= 15 is 0 Å². The van der Waals surface area contributed by atoms with Crippen LogP contribution in [0.4, 0.5) is 8.78 Å². The maximum absolute atomic E-state index is 13.9. The van der Waals surface area contributed by atoms with Gasteiger partial charge in [-0.25, -0.2) is 8.78 Å². The lowest BCUT2D eigenvalue weighted by molar-refractivity contribution is 0.0862. The van der Waals surface area contributed by atoms with Crippen LogP contribution in [0.25, 0.3) is 0 Å². The first-order valence-corrected chi connectivity index (χ1v) is 6.26. The first kappa shape index (κ1) is 13.1. The van der Waals surface area contributed by atoms with E-state index in [0.717, 1.165) is 25.3 Å². The van der Waals surface area contributed by atoms with Gasteiger partial charge in [-0.05, 0) is 31.4 Å². The minimum absolute atomic E-state index is 0.282. The zero-order chi connectivity index (χ0) is 13.3. The average molecular weight is 253 g/mol. The molecule has 1 aliphatic rings. The van der Waals surface area contributed by atoms with Crippen LogP contribution in [0.1, 0.15) is 41.6 Å². The maximum atomic E-state index is 13.9. The van der Waals surface area contributed by atoms with E-state index in [1.165, 1.54) is 13.0 Å². The molecule has 0 aliphatic heterocycles. The second kappa shape index (κ2) is 5.14. The van der Waals surface area contributed by atoms with E-state index in [4.69, 9.17) is 5.73 Å². The van der Waals surface area contributed by atoms with Crippen molar-refractivity contribution in [2.75, 3.05) is 0 Å². The molecule has 2 N–H and O–H groups in total. The van der Waals surface area contributed by atoms with Crippen molar-refractivity contribution in [2.45, 2.75) is 38.6 Å². The van der Waals surface area contributed by atoms with Crippen LogP contribution in [-0.2, 0) is 0 Å². The Bertz CT molecular complexity index is 473. The molecular formula is C14H17F2NO. The molecule has 18 heavy (non-hydrogen) atoms. The highest BCUT2D eigenvalue weighted by molar-refractivity contribution is 5.99. The van der Waals surface area contributed by atoms with Crippen LogP contribution in [0, 0.1) is 24.5 Å². The maximum Gasteiger partial charge on any atom is 0.173 e. The van der Waals surface area contributed by atoms with Gasteiger partial charge in [0.05, 0.1) is 5.56 Å². The summed E-state index contributed by atoms with van der Waals surface area (Å²) in [6.45, 7) is 1.52. The number of hydrogen-bond acceptors (Lipinski definition) is 2. The van der Waals surface area contributed by atoms with Crippen LogP contribution >= 0.6 is 0 Å². The molecule has 0 radical (unpaired) electrons. The molecule has 1 fully saturated rings. The van der Waals surface area contributed by atoms with Gasteiger partial charge in [0.15, 0.2) is 5.78 Å². The van der Waals surface area contributed by atoms with E-state index in [2.05, 4.69) is 0 Å². The van der Waals surface area contributed by atoms with E-state index in [1.54, 1.807) is 0 Å². The Morgan fingerprint density at radius 3 is 2.61 bits per heavy atom. The third-order valence-electron chi connectivity index (χ3n) is 3.69. The highest BCUT2D eigenvalue weighted by Crippen LogP contribution is 2.28. The second-order valence-corrected chi connectivity index (χ2v) is 4.97. The number of rotatable bonds is 2. The molecule has 0 spiro atoms. The highest BCUT2D eigenvalue weighted by atomic mass is 19.1. The second-order valence-electron chi connectivity index (χ2n) is 4.97. The number of nitrogens with two attached hydrogens (primary N) is 1. The fourth-order valence-corrected chi connectivity index (χ4v) is 2.55. The standard InChI is InChI=1S/C14H17F2NO/c1-8-6-7-10(15)12(13(8)16)14(18)9-4-2-3-5-11(9)17/h6-7,9,11H,2-5,17H2,1H3. The van der Waals surface area contributed by atoms with Crippen molar-refractivity contribution in [1.29, 1.82) is 0 Å². The Hall–Kier alpha value is -1.29. The van der Waals surface area contributed by atoms with Gasteiger partial charge in [0.1, 0.15) is 11.6 Å². The molecule has 0 saturated heterocycles. The van der Waals surface area contributed by atoms with Crippen molar-refractivity contribution in [1.82, 2.24) is 0 Å². The predicted molar refractivity (Wildman–Crippen MR) is 65.4 cm³/mol. The molecule has 4 heteroatoms. The van der Waals surface area contributed by atoms with E-state index in [1.807, 2.05) is 0 Å². The van der Waals surface area contributed by atoms with Gasteiger partial charge in [-0.3, -0.25) is 4.79 Å². The smallest absolute Gasteiger partial charge is 0.173 e. The molecule has 1 aromatic rings. The number of Topliss-reactive ketones (excluding diaryl/α,β-unsaturated/α-hetero) is 1. The summed E-state index contributed by atoms with van der Waals surface area (Å²) in [6.07, 6.45) is 3.22. The number of carbonyl (C=O) groups is 1. The zero-order valence-corrected chi connectivity index (χ0v) is 10.4. The highest BCUT2D eigenvalue weighted by Gasteiger charge is 2.32. The lowest BCUT2D eigenvalue weighted by Crippen LogP contribution is -2.38. The van der Waals surface area contributed by atoms with Gasteiger partial charge in [0.25, 0.3) is 0 Å². The minimum atomic E-state index is -0.791. The molecule has 2 unspecified atom stereocenters. The summed E-state index contributed by atoms with van der Waals surface area (Å²) < 4.78 is 27.6. The third kappa shape index (κ3) is 2.29. The molecule has 2 nitrogen and oxygen atoms in total. The summed E-state index contributed by atoms with van der Waals surface area (Å²) in [7, 11) is 0. The summed E-state index contributed by atoms with van der Waals surface area (Å²) in [6, 6.07) is 2.19. The largest absolute Gasteiger partial charge is 0.327 e. The topological polar surface area (TPSA) is 43.1 Å². The molecular weight excluding hydrogens is 236 g/mol. The van der Waals surface area contributed by atoms with Crippen LogP contribution in [0.5, 0.6) is 0 Å². The minimum Gasteiger partial charge on any atom is -0.327 e. The number of carbonyl (C=O) groups excluding carboxylic acids is 1. The van der Waals surface area contributed by atoms with Gasteiger partial charge < -0.3 is 5.73 Å². The molecule has 2 rings (SSSR count). The number of hydrogen-bond donors (Lipinski definition) is 1. The van der Waals surface area contributed by atoms with Gasteiger partial charge in [-0.2, -0.15) is 0 Å². The fourth-order valence-electron chi connectivity index (χ4n) is 2.55. The number of benzene rings is 1. The predicted octanol–water partition coefficient (Wildman–Crippen LogP) is 2.97. The van der Waals surface area contributed by atoms with E-state index in [-0.39, 0.29) is 11.6 Å². The molecule has 0 heterocycles. The number of aryl methyl sites for hydroxylation is 1. The van der Waals surface area contributed by atoms with Crippen molar-refractivity contribution in [3.8, 4) is 0 Å². The Morgan fingerprint density at radius 1 is 1.28 bits per heavy atom. The van der Waals surface area contributed by atoms with Crippen LogP contribution in [0.15, 0.2) is 12.1 Å². The lowest BCUT2D eigenvalue weighted by Gasteiger charge is -2.27. The molecule has 1 aliphatic carbocycles. The molecule has 0 amide bonds. The summed E-state index contributed by atoms with van der Waals surface area (Å²) >= 11 is 0. The quantitative estimate of drug-likeness (QED) is 0.823. The lowest BCUT2D eigenvalue weighted by atomic mass is 9.80. The van der Waals surface area contributed by atoms with Crippen molar-refractivity contribution < 1.29 is 13.6 Å². The van der Waals surface area contributed by atoms with E-state index < -0.39 is 28.9 Å². The van der Waals surface area contributed by atoms with E-state index in [0.29, 0.717) is 6.42 Å². The molecule has 0 aromatic heterocycles. The Labute approximate surface area is 105 Å². The summed E-state index contributed by atoms with van der Waals surface area (Å²) in [5.41, 5.74) is 5.75. The Kier molecular flexibility index (Phi) is 3.76. The Balaban J connectivity index is 2.36. The van der Waals surface area contributed by atoms with Gasteiger partial charge >= 0.3 is 0 Å². The summed E-state index contributed by atoms with van der Waals surface area (Å²) in [4.78, 5) is 12.2. The number of ketones is 1. The average Bonchev–Trinajstić information content (AvgIpc) is 2.35. The SMILES string of the molecule is Cc1ccc(F)c(C(=O)C2CCCCC2N)c1F. The number of halogens is 2.